The van der Waals surface area contributed by atoms with Crippen LogP contribution >= 0.6 is 0 Å². The number of anilines is 1. The molecule has 0 spiro atoms. The molecule has 2 heterocycles. The Bertz CT molecular complexity index is 1230. The van der Waals surface area contributed by atoms with Crippen LogP contribution in [-0.4, -0.2) is 65.3 Å². The number of nitrogens with zero attached hydrogens (tertiary/aromatic N) is 2. The van der Waals surface area contributed by atoms with Crippen LogP contribution in [0.3, 0.4) is 0 Å². The lowest BCUT2D eigenvalue weighted by molar-refractivity contribution is -0.275. The van der Waals surface area contributed by atoms with Gasteiger partial charge in [0.2, 0.25) is 11.9 Å². The maximum Gasteiger partial charge on any atom is 0.413 e. The van der Waals surface area contributed by atoms with Crippen LogP contribution in [-0.2, 0) is 49.4 Å². The number of aromatic nitrogens is 2. The van der Waals surface area contributed by atoms with Gasteiger partial charge in [-0.15, -0.1) is 0 Å². The average Bonchev–Trinajstić information content (AvgIpc) is 3.14. The second-order valence-electron chi connectivity index (χ2n) is 8.10. The topological polar surface area (TPSA) is 171 Å². The third-order valence-electron chi connectivity index (χ3n) is 5.30. The van der Waals surface area contributed by atoms with E-state index in [1.54, 1.807) is 24.3 Å². The molecule has 0 bridgehead atoms. The number of rotatable bonds is 9. The Hall–Kier alpha value is -4.30. The normalized spacial score (nSPS) is 22.3. The zero-order chi connectivity index (χ0) is 27.9. The van der Waals surface area contributed by atoms with E-state index in [2.05, 4.69) is 10.3 Å². The van der Waals surface area contributed by atoms with Gasteiger partial charge >= 0.3 is 29.7 Å². The fourth-order valence-corrected chi connectivity index (χ4v) is 3.68. The van der Waals surface area contributed by atoms with Crippen molar-refractivity contribution in [3.63, 3.8) is 0 Å². The predicted molar refractivity (Wildman–Crippen MR) is 126 cm³/mol. The highest BCUT2D eigenvalue weighted by atomic mass is 16.8. The van der Waals surface area contributed by atoms with Crippen LogP contribution < -0.4 is 11.0 Å². The summed E-state index contributed by atoms with van der Waals surface area (Å²) >= 11 is 0. The van der Waals surface area contributed by atoms with E-state index in [0.29, 0.717) is 0 Å². The minimum Gasteiger partial charge on any atom is -0.460 e. The zero-order valence-electron chi connectivity index (χ0n) is 21.1. The number of hydrogen-bond donors (Lipinski definition) is 1. The number of nitrogens with one attached hydrogen (secondary N) is 1. The van der Waals surface area contributed by atoms with Gasteiger partial charge in [-0.25, -0.2) is 9.59 Å². The molecular formula is C24H27N3O11. The molecule has 1 aromatic carbocycles. The first-order chi connectivity index (χ1) is 18.0. The number of methoxy groups -OCH3 is 1. The van der Waals surface area contributed by atoms with E-state index >= 15 is 0 Å². The number of carbonyl (C=O) groups excluding carboxylic acids is 4. The van der Waals surface area contributed by atoms with Crippen molar-refractivity contribution >= 4 is 29.8 Å². The minimum absolute atomic E-state index is 0.00267. The lowest BCUT2D eigenvalue weighted by atomic mass is 10.1. The molecule has 14 nitrogen and oxygen atoms in total. The van der Waals surface area contributed by atoms with Crippen LogP contribution in [0.1, 0.15) is 32.6 Å². The summed E-state index contributed by atoms with van der Waals surface area (Å²) < 4.78 is 33.1. The van der Waals surface area contributed by atoms with Crippen molar-refractivity contribution in [2.45, 2.75) is 51.6 Å². The maximum absolute atomic E-state index is 12.9. The van der Waals surface area contributed by atoms with Crippen molar-refractivity contribution in [1.82, 2.24) is 9.55 Å². The second-order valence-corrected chi connectivity index (χ2v) is 8.10. The van der Waals surface area contributed by atoms with Gasteiger partial charge in [-0.1, -0.05) is 30.3 Å². The lowest BCUT2D eigenvalue weighted by Gasteiger charge is -2.31. The molecule has 1 aliphatic rings. The van der Waals surface area contributed by atoms with Gasteiger partial charge in [0.15, 0.2) is 12.3 Å². The maximum atomic E-state index is 12.9. The molecule has 3 rings (SSSR count). The SMILES string of the molecule is CO[C@]1(COC(C)=O)O[C@@H](n2ccc(NC(=O)OCc3ccccc3)nc2=O)[C@H](OC(C)=O)[C@@H]1OC(C)=O. The minimum atomic E-state index is -1.93. The monoisotopic (exact) mass is 533 g/mol. The Balaban J connectivity index is 1.86. The van der Waals surface area contributed by atoms with E-state index in [4.69, 9.17) is 28.4 Å². The molecule has 1 aromatic heterocycles. The van der Waals surface area contributed by atoms with Crippen molar-refractivity contribution in [3.05, 3.63) is 58.6 Å². The molecule has 4 atom stereocenters. The lowest BCUT2D eigenvalue weighted by Crippen LogP contribution is -2.51. The molecule has 0 unspecified atom stereocenters. The van der Waals surface area contributed by atoms with Crippen molar-refractivity contribution in [3.8, 4) is 0 Å². The zero-order valence-corrected chi connectivity index (χ0v) is 21.1. The molecule has 2 aromatic rings. The third-order valence-corrected chi connectivity index (χ3v) is 5.30. The largest absolute Gasteiger partial charge is 0.460 e. The summed E-state index contributed by atoms with van der Waals surface area (Å²) in [6, 6.07) is 10.2. The number of benzene rings is 1. The molecule has 0 radical (unpaired) electrons. The van der Waals surface area contributed by atoms with Crippen LogP contribution in [0, 0.1) is 0 Å². The van der Waals surface area contributed by atoms with Gasteiger partial charge in [0.1, 0.15) is 19.0 Å². The molecular weight excluding hydrogens is 506 g/mol. The number of hydrogen-bond acceptors (Lipinski definition) is 12. The Morgan fingerprint density at radius 2 is 1.68 bits per heavy atom. The quantitative estimate of drug-likeness (QED) is 0.362. The Morgan fingerprint density at radius 3 is 2.26 bits per heavy atom. The number of amides is 1. The van der Waals surface area contributed by atoms with E-state index in [1.165, 1.54) is 19.4 Å². The van der Waals surface area contributed by atoms with E-state index in [0.717, 1.165) is 30.9 Å². The van der Waals surface area contributed by atoms with E-state index in [9.17, 15) is 24.0 Å². The van der Waals surface area contributed by atoms with E-state index < -0.39 is 60.5 Å². The Morgan fingerprint density at radius 1 is 1.00 bits per heavy atom. The van der Waals surface area contributed by atoms with Gasteiger partial charge in [-0.05, 0) is 11.6 Å². The molecule has 1 N–H and O–H groups in total. The van der Waals surface area contributed by atoms with Crippen LogP contribution in [0.5, 0.6) is 0 Å². The van der Waals surface area contributed by atoms with Crippen molar-refractivity contribution in [2.75, 3.05) is 19.0 Å². The molecule has 1 amide bonds. The molecule has 1 aliphatic heterocycles. The molecule has 14 heteroatoms. The molecule has 204 valence electrons. The molecule has 0 saturated carbocycles. The summed E-state index contributed by atoms with van der Waals surface area (Å²) in [6.45, 7) is 2.80. The summed E-state index contributed by atoms with van der Waals surface area (Å²) in [7, 11) is 1.20. The van der Waals surface area contributed by atoms with Gasteiger partial charge in [-0.3, -0.25) is 24.3 Å². The summed E-state index contributed by atoms with van der Waals surface area (Å²) in [5.41, 5.74) is -0.160. The fraction of sp³-hybridized carbons (Fsp3) is 0.417. The van der Waals surface area contributed by atoms with Crippen LogP contribution in [0.2, 0.25) is 0 Å². The van der Waals surface area contributed by atoms with Gasteiger partial charge in [-0.2, -0.15) is 4.98 Å². The highest BCUT2D eigenvalue weighted by Crippen LogP contribution is 2.41. The van der Waals surface area contributed by atoms with Gasteiger partial charge in [0, 0.05) is 34.1 Å². The summed E-state index contributed by atoms with van der Waals surface area (Å²) in [4.78, 5) is 64.1. The first-order valence-electron chi connectivity index (χ1n) is 11.3. The summed E-state index contributed by atoms with van der Waals surface area (Å²) in [6.07, 6.45) is -3.89. The molecule has 1 fully saturated rings. The first kappa shape index (κ1) is 28.3. The third kappa shape index (κ3) is 6.92. The van der Waals surface area contributed by atoms with Crippen molar-refractivity contribution in [1.29, 1.82) is 0 Å². The van der Waals surface area contributed by atoms with Crippen molar-refractivity contribution < 1.29 is 47.6 Å². The second kappa shape index (κ2) is 12.3. The molecule has 38 heavy (non-hydrogen) atoms. The molecule has 0 aliphatic carbocycles. The summed E-state index contributed by atoms with van der Waals surface area (Å²) in [5, 5.41) is 2.35. The highest BCUT2D eigenvalue weighted by Gasteiger charge is 2.61. The smallest absolute Gasteiger partial charge is 0.413 e. The first-order valence-corrected chi connectivity index (χ1v) is 11.3. The van der Waals surface area contributed by atoms with Gasteiger partial charge in [0.05, 0.1) is 0 Å². The Labute approximate surface area is 216 Å². The van der Waals surface area contributed by atoms with E-state index in [1.807, 2.05) is 6.07 Å². The number of carbonyl (C=O) groups is 4. The van der Waals surface area contributed by atoms with Gasteiger partial charge in [0.25, 0.3) is 0 Å². The standard InChI is InChI=1S/C24H27N3O11/c1-14(28)35-13-24(33-4)20(37-16(3)30)19(36-15(2)29)21(38-24)27-11-10-18(25-22(27)31)26-23(32)34-12-17-8-6-5-7-9-17/h5-11,19-21H,12-13H2,1-4H3,(H,25,26,31,32)/t19-,20+,21-,24-/m1/s1. The predicted octanol–water partition coefficient (Wildman–Crippen LogP) is 1.29. The summed E-state index contributed by atoms with van der Waals surface area (Å²) in [5.74, 6) is -4.30. The van der Waals surface area contributed by atoms with Crippen LogP contribution in [0.4, 0.5) is 10.6 Å². The van der Waals surface area contributed by atoms with Crippen LogP contribution in [0.25, 0.3) is 0 Å². The number of esters is 3. The van der Waals surface area contributed by atoms with Gasteiger partial charge < -0.3 is 28.4 Å². The fourth-order valence-electron chi connectivity index (χ4n) is 3.68. The Kier molecular flexibility index (Phi) is 9.15. The van der Waals surface area contributed by atoms with Crippen molar-refractivity contribution in [2.24, 2.45) is 0 Å². The van der Waals surface area contributed by atoms with Crippen LogP contribution in [0.15, 0.2) is 47.4 Å². The molecule has 1 saturated heterocycles. The van der Waals surface area contributed by atoms with E-state index in [-0.39, 0.29) is 12.4 Å². The average molecular weight is 533 g/mol. The highest BCUT2D eigenvalue weighted by molar-refractivity contribution is 5.83. The number of ether oxygens (including phenoxy) is 6.